The number of aliphatic hydroxyl groups excluding tert-OH is 1. The SMILES string of the molecule is CCCCC1CCC(CO)(Cc2ncnn2C)CC1. The smallest absolute Gasteiger partial charge is 0.138 e. The summed E-state index contributed by atoms with van der Waals surface area (Å²) in [5.41, 5.74) is 0.0451. The van der Waals surface area contributed by atoms with Crippen LogP contribution in [0, 0.1) is 11.3 Å². The predicted octanol–water partition coefficient (Wildman–Crippen LogP) is 2.72. The first-order valence-electron chi connectivity index (χ1n) is 7.63. The summed E-state index contributed by atoms with van der Waals surface area (Å²) in [5.74, 6) is 1.88. The summed E-state index contributed by atoms with van der Waals surface area (Å²) >= 11 is 0. The van der Waals surface area contributed by atoms with E-state index in [2.05, 4.69) is 17.0 Å². The van der Waals surface area contributed by atoms with Crippen LogP contribution < -0.4 is 0 Å². The van der Waals surface area contributed by atoms with Gasteiger partial charge >= 0.3 is 0 Å². The number of aromatic nitrogens is 3. The lowest BCUT2D eigenvalue weighted by atomic mass is 9.68. The predicted molar refractivity (Wildman–Crippen MR) is 75.7 cm³/mol. The second-order valence-electron chi connectivity index (χ2n) is 6.22. The lowest BCUT2D eigenvalue weighted by Gasteiger charge is -2.38. The normalized spacial score (nSPS) is 27.6. The van der Waals surface area contributed by atoms with Crippen LogP contribution in [0.2, 0.25) is 0 Å². The quantitative estimate of drug-likeness (QED) is 0.860. The van der Waals surface area contributed by atoms with Crippen molar-refractivity contribution in [3.63, 3.8) is 0 Å². The molecule has 0 amide bonds. The number of nitrogens with zero attached hydrogens (tertiary/aromatic N) is 3. The minimum atomic E-state index is 0.0451. The van der Waals surface area contributed by atoms with E-state index in [0.29, 0.717) is 0 Å². The van der Waals surface area contributed by atoms with E-state index in [4.69, 9.17) is 0 Å². The molecule has 19 heavy (non-hydrogen) atoms. The molecule has 1 heterocycles. The fourth-order valence-electron chi connectivity index (χ4n) is 3.28. The molecular weight excluding hydrogens is 238 g/mol. The molecule has 0 radical (unpaired) electrons. The average Bonchev–Trinajstić information content (AvgIpc) is 2.83. The molecule has 1 aliphatic rings. The van der Waals surface area contributed by atoms with Crippen LogP contribution in [0.3, 0.4) is 0 Å². The number of aryl methyl sites for hydroxylation is 1. The van der Waals surface area contributed by atoms with Gasteiger partial charge in [0.25, 0.3) is 0 Å². The van der Waals surface area contributed by atoms with Gasteiger partial charge in [-0.05, 0) is 31.6 Å². The molecule has 0 unspecified atom stereocenters. The van der Waals surface area contributed by atoms with Crippen LogP contribution in [0.15, 0.2) is 6.33 Å². The molecule has 108 valence electrons. The number of hydrogen-bond donors (Lipinski definition) is 1. The molecule has 1 saturated carbocycles. The van der Waals surface area contributed by atoms with E-state index in [1.54, 1.807) is 6.33 Å². The summed E-state index contributed by atoms with van der Waals surface area (Å²) in [6.45, 7) is 2.54. The van der Waals surface area contributed by atoms with Gasteiger partial charge in [0.2, 0.25) is 0 Å². The highest BCUT2D eigenvalue weighted by Gasteiger charge is 2.35. The summed E-state index contributed by atoms with van der Waals surface area (Å²) in [7, 11) is 1.93. The van der Waals surface area contributed by atoms with E-state index in [1.165, 1.54) is 32.1 Å². The lowest BCUT2D eigenvalue weighted by molar-refractivity contribution is 0.0595. The first-order valence-corrected chi connectivity index (χ1v) is 7.63. The van der Waals surface area contributed by atoms with Crippen LogP contribution >= 0.6 is 0 Å². The third kappa shape index (κ3) is 3.56. The lowest BCUT2D eigenvalue weighted by Crippen LogP contribution is -2.34. The van der Waals surface area contributed by atoms with E-state index in [-0.39, 0.29) is 12.0 Å². The van der Waals surface area contributed by atoms with Crippen molar-refractivity contribution in [2.45, 2.75) is 58.3 Å². The number of hydrogen-bond acceptors (Lipinski definition) is 3. The minimum absolute atomic E-state index is 0.0451. The van der Waals surface area contributed by atoms with Gasteiger partial charge in [-0.15, -0.1) is 0 Å². The van der Waals surface area contributed by atoms with Crippen LogP contribution in [0.4, 0.5) is 0 Å². The number of rotatable bonds is 6. The van der Waals surface area contributed by atoms with Crippen molar-refractivity contribution in [1.82, 2.24) is 14.8 Å². The van der Waals surface area contributed by atoms with Crippen molar-refractivity contribution in [3.05, 3.63) is 12.2 Å². The van der Waals surface area contributed by atoms with E-state index >= 15 is 0 Å². The molecule has 1 fully saturated rings. The second-order valence-corrected chi connectivity index (χ2v) is 6.22. The molecule has 1 aromatic rings. The van der Waals surface area contributed by atoms with E-state index in [1.807, 2.05) is 11.7 Å². The topological polar surface area (TPSA) is 50.9 Å². The fraction of sp³-hybridized carbons (Fsp3) is 0.867. The molecule has 4 nitrogen and oxygen atoms in total. The Hall–Kier alpha value is -0.900. The van der Waals surface area contributed by atoms with Gasteiger partial charge in [0, 0.05) is 25.5 Å². The van der Waals surface area contributed by atoms with Gasteiger partial charge in [-0.1, -0.05) is 26.2 Å². The van der Waals surface area contributed by atoms with Crippen molar-refractivity contribution in [3.8, 4) is 0 Å². The van der Waals surface area contributed by atoms with Crippen LogP contribution in [-0.4, -0.2) is 26.5 Å². The molecule has 0 spiro atoms. The van der Waals surface area contributed by atoms with Gasteiger partial charge in [0.15, 0.2) is 0 Å². The highest BCUT2D eigenvalue weighted by molar-refractivity contribution is 4.96. The average molecular weight is 265 g/mol. The van der Waals surface area contributed by atoms with Gasteiger partial charge in [-0.3, -0.25) is 4.68 Å². The molecule has 0 atom stereocenters. The Labute approximate surface area is 116 Å². The van der Waals surface area contributed by atoms with Gasteiger partial charge in [0.05, 0.1) is 0 Å². The van der Waals surface area contributed by atoms with Crippen molar-refractivity contribution in [2.24, 2.45) is 18.4 Å². The van der Waals surface area contributed by atoms with Gasteiger partial charge in [-0.25, -0.2) is 4.98 Å². The van der Waals surface area contributed by atoms with Crippen molar-refractivity contribution in [1.29, 1.82) is 0 Å². The molecule has 0 bridgehead atoms. The summed E-state index contributed by atoms with van der Waals surface area (Å²) in [5, 5.41) is 14.0. The Bertz CT molecular complexity index is 380. The largest absolute Gasteiger partial charge is 0.396 e. The zero-order valence-electron chi connectivity index (χ0n) is 12.3. The van der Waals surface area contributed by atoms with Crippen LogP contribution in [0.25, 0.3) is 0 Å². The monoisotopic (exact) mass is 265 g/mol. The van der Waals surface area contributed by atoms with E-state index in [9.17, 15) is 5.11 Å². The van der Waals surface area contributed by atoms with Crippen molar-refractivity contribution >= 4 is 0 Å². The molecule has 0 aromatic carbocycles. The maximum atomic E-state index is 9.84. The van der Waals surface area contributed by atoms with Crippen LogP contribution in [0.5, 0.6) is 0 Å². The Balaban J connectivity index is 1.92. The minimum Gasteiger partial charge on any atom is -0.396 e. The van der Waals surface area contributed by atoms with Gasteiger partial charge in [0.1, 0.15) is 12.2 Å². The highest BCUT2D eigenvalue weighted by atomic mass is 16.3. The Morgan fingerprint density at radius 2 is 2.16 bits per heavy atom. The summed E-state index contributed by atoms with van der Waals surface area (Å²) in [6, 6.07) is 0. The van der Waals surface area contributed by atoms with E-state index < -0.39 is 0 Å². The molecular formula is C15H27N3O. The Kier molecular flexibility index (Phi) is 4.97. The fourth-order valence-corrected chi connectivity index (χ4v) is 3.28. The summed E-state index contributed by atoms with van der Waals surface area (Å²) < 4.78 is 1.83. The first-order chi connectivity index (χ1) is 9.19. The molecule has 1 aromatic heterocycles. The molecule has 0 saturated heterocycles. The maximum Gasteiger partial charge on any atom is 0.138 e. The van der Waals surface area contributed by atoms with Crippen LogP contribution in [-0.2, 0) is 13.5 Å². The van der Waals surface area contributed by atoms with Gasteiger partial charge < -0.3 is 5.11 Å². The van der Waals surface area contributed by atoms with Gasteiger partial charge in [-0.2, -0.15) is 5.10 Å². The van der Waals surface area contributed by atoms with E-state index in [0.717, 1.165) is 31.0 Å². The zero-order valence-corrected chi connectivity index (χ0v) is 12.3. The van der Waals surface area contributed by atoms with Crippen LogP contribution in [0.1, 0.15) is 57.7 Å². The summed E-state index contributed by atoms with van der Waals surface area (Å²) in [4.78, 5) is 4.31. The zero-order chi connectivity index (χ0) is 13.7. The standard InChI is InChI=1S/C15H27N3O/c1-3-4-5-13-6-8-15(11-19,9-7-13)10-14-16-12-17-18(14)2/h12-13,19H,3-11H2,1-2H3. The molecule has 2 rings (SSSR count). The van der Waals surface area contributed by atoms with Crippen molar-refractivity contribution < 1.29 is 5.11 Å². The molecule has 1 N–H and O–H groups in total. The third-order valence-electron chi connectivity index (χ3n) is 4.81. The first kappa shape index (κ1) is 14.5. The summed E-state index contributed by atoms with van der Waals surface area (Å²) in [6.07, 6.45) is 11.3. The molecule has 1 aliphatic carbocycles. The Morgan fingerprint density at radius 3 is 2.68 bits per heavy atom. The molecule has 4 heteroatoms. The van der Waals surface area contributed by atoms with Crippen molar-refractivity contribution in [2.75, 3.05) is 6.61 Å². The maximum absolute atomic E-state index is 9.84. The number of aliphatic hydroxyl groups is 1. The Morgan fingerprint density at radius 1 is 1.42 bits per heavy atom. The second kappa shape index (κ2) is 6.51. The highest BCUT2D eigenvalue weighted by Crippen LogP contribution is 2.42. The number of unbranched alkanes of at least 4 members (excludes halogenated alkanes) is 1. The molecule has 0 aliphatic heterocycles. The third-order valence-corrected chi connectivity index (χ3v) is 4.81.